The second-order valence-corrected chi connectivity index (χ2v) is 5.30. The smallest absolute Gasteiger partial charge is 0.264 e. The number of hydrogen-bond donors (Lipinski definition) is 1. The molecule has 0 unspecified atom stereocenters. The summed E-state index contributed by atoms with van der Waals surface area (Å²) in [4.78, 5) is 23.2. The summed E-state index contributed by atoms with van der Waals surface area (Å²) in [5.41, 5.74) is 1.31. The SMILES string of the molecule is CCCc1nc(-c2ccc(Cl)cn2)[nH]c(=O)c1I. The Morgan fingerprint density at radius 1 is 1.44 bits per heavy atom. The van der Waals surface area contributed by atoms with Crippen LogP contribution in [-0.4, -0.2) is 15.0 Å². The number of H-pyrrole nitrogens is 1. The normalized spacial score (nSPS) is 10.6. The van der Waals surface area contributed by atoms with Crippen LogP contribution in [0, 0.1) is 3.57 Å². The molecule has 94 valence electrons. The van der Waals surface area contributed by atoms with Gasteiger partial charge in [0.25, 0.3) is 5.56 Å². The summed E-state index contributed by atoms with van der Waals surface area (Å²) in [5, 5.41) is 0.556. The van der Waals surface area contributed by atoms with Gasteiger partial charge in [0.05, 0.1) is 14.3 Å². The number of pyridine rings is 1. The topological polar surface area (TPSA) is 58.6 Å². The molecule has 2 heterocycles. The molecular weight excluding hydrogens is 365 g/mol. The molecule has 0 aliphatic heterocycles. The summed E-state index contributed by atoms with van der Waals surface area (Å²) in [5.74, 6) is 0.487. The van der Waals surface area contributed by atoms with Gasteiger partial charge in [-0.15, -0.1) is 0 Å². The van der Waals surface area contributed by atoms with E-state index >= 15 is 0 Å². The van der Waals surface area contributed by atoms with Crippen molar-refractivity contribution < 1.29 is 0 Å². The third kappa shape index (κ3) is 2.89. The number of aromatic nitrogens is 3. The standard InChI is InChI=1S/C12H11ClIN3O/c1-2-3-8-10(14)12(18)17-11(16-8)9-5-4-7(13)6-15-9/h4-6H,2-3H2,1H3,(H,16,17,18). The van der Waals surface area contributed by atoms with Crippen molar-refractivity contribution in [3.63, 3.8) is 0 Å². The number of aryl methyl sites for hydroxylation is 1. The highest BCUT2D eigenvalue weighted by molar-refractivity contribution is 14.1. The summed E-state index contributed by atoms with van der Waals surface area (Å²) in [6.45, 7) is 2.05. The van der Waals surface area contributed by atoms with Crippen molar-refractivity contribution >= 4 is 34.2 Å². The number of aromatic amines is 1. The van der Waals surface area contributed by atoms with Gasteiger partial charge in [-0.3, -0.25) is 9.78 Å². The Labute approximate surface area is 123 Å². The Balaban J connectivity index is 2.51. The van der Waals surface area contributed by atoms with Crippen LogP contribution in [-0.2, 0) is 6.42 Å². The molecule has 18 heavy (non-hydrogen) atoms. The molecule has 0 aliphatic rings. The van der Waals surface area contributed by atoms with Gasteiger partial charge >= 0.3 is 0 Å². The van der Waals surface area contributed by atoms with Crippen molar-refractivity contribution in [3.05, 3.63) is 43.0 Å². The maximum absolute atomic E-state index is 11.8. The zero-order chi connectivity index (χ0) is 13.1. The van der Waals surface area contributed by atoms with E-state index in [-0.39, 0.29) is 5.56 Å². The zero-order valence-electron chi connectivity index (χ0n) is 9.70. The molecule has 0 fully saturated rings. The highest BCUT2D eigenvalue weighted by atomic mass is 127. The van der Waals surface area contributed by atoms with Crippen molar-refractivity contribution in [2.75, 3.05) is 0 Å². The van der Waals surface area contributed by atoms with Crippen molar-refractivity contribution in [3.8, 4) is 11.5 Å². The minimum atomic E-state index is -0.124. The van der Waals surface area contributed by atoms with Crippen LogP contribution in [0.1, 0.15) is 19.0 Å². The molecule has 1 N–H and O–H groups in total. The Hall–Kier alpha value is -0.950. The third-order valence-corrected chi connectivity index (χ3v) is 3.72. The first-order valence-corrected chi connectivity index (χ1v) is 6.98. The fourth-order valence-electron chi connectivity index (χ4n) is 1.55. The minimum Gasteiger partial charge on any atom is -0.304 e. The maximum Gasteiger partial charge on any atom is 0.264 e. The van der Waals surface area contributed by atoms with E-state index in [1.807, 2.05) is 22.6 Å². The van der Waals surface area contributed by atoms with E-state index in [2.05, 4.69) is 21.9 Å². The predicted molar refractivity (Wildman–Crippen MR) is 79.8 cm³/mol. The maximum atomic E-state index is 11.8. The molecule has 0 radical (unpaired) electrons. The summed E-state index contributed by atoms with van der Waals surface area (Å²) >= 11 is 7.80. The Morgan fingerprint density at radius 2 is 2.22 bits per heavy atom. The van der Waals surface area contributed by atoms with Crippen LogP contribution in [0.25, 0.3) is 11.5 Å². The van der Waals surface area contributed by atoms with Crippen LogP contribution in [0.4, 0.5) is 0 Å². The molecule has 2 aromatic heterocycles. The number of hydrogen-bond acceptors (Lipinski definition) is 3. The van der Waals surface area contributed by atoms with E-state index in [1.54, 1.807) is 12.1 Å². The van der Waals surface area contributed by atoms with Crippen molar-refractivity contribution in [2.24, 2.45) is 0 Å². The third-order valence-electron chi connectivity index (χ3n) is 2.39. The fraction of sp³-hybridized carbons (Fsp3) is 0.250. The molecule has 0 saturated heterocycles. The number of nitrogens with one attached hydrogen (secondary N) is 1. The zero-order valence-corrected chi connectivity index (χ0v) is 12.6. The van der Waals surface area contributed by atoms with E-state index in [1.165, 1.54) is 6.20 Å². The lowest BCUT2D eigenvalue weighted by Gasteiger charge is -2.05. The molecule has 0 spiro atoms. The lowest BCUT2D eigenvalue weighted by atomic mass is 10.2. The Kier molecular flexibility index (Phi) is 4.34. The second-order valence-electron chi connectivity index (χ2n) is 3.79. The molecule has 2 rings (SSSR count). The molecule has 0 aliphatic carbocycles. The van der Waals surface area contributed by atoms with Gasteiger partial charge in [0.15, 0.2) is 5.82 Å². The van der Waals surface area contributed by atoms with Gasteiger partial charge in [-0.25, -0.2) is 4.98 Å². The molecule has 0 amide bonds. The largest absolute Gasteiger partial charge is 0.304 e. The van der Waals surface area contributed by atoms with E-state index in [0.717, 1.165) is 18.5 Å². The molecular formula is C12H11ClIN3O. The van der Waals surface area contributed by atoms with Crippen molar-refractivity contribution in [1.82, 2.24) is 15.0 Å². The van der Waals surface area contributed by atoms with Gasteiger partial charge in [-0.05, 0) is 41.1 Å². The van der Waals surface area contributed by atoms with Crippen LogP contribution in [0.15, 0.2) is 23.1 Å². The first-order valence-electron chi connectivity index (χ1n) is 5.52. The van der Waals surface area contributed by atoms with E-state index in [0.29, 0.717) is 20.1 Å². The van der Waals surface area contributed by atoms with Gasteiger partial charge in [0.1, 0.15) is 5.69 Å². The van der Waals surface area contributed by atoms with Crippen molar-refractivity contribution in [1.29, 1.82) is 0 Å². The highest BCUT2D eigenvalue weighted by Gasteiger charge is 2.10. The predicted octanol–water partition coefficient (Wildman–Crippen LogP) is 3.04. The van der Waals surface area contributed by atoms with Crippen LogP contribution in [0.2, 0.25) is 5.02 Å². The number of halogens is 2. The number of rotatable bonds is 3. The van der Waals surface area contributed by atoms with Gasteiger partial charge in [0.2, 0.25) is 0 Å². The van der Waals surface area contributed by atoms with E-state index in [4.69, 9.17) is 11.6 Å². The minimum absolute atomic E-state index is 0.124. The molecule has 0 saturated carbocycles. The summed E-state index contributed by atoms with van der Waals surface area (Å²) in [6, 6.07) is 3.46. The van der Waals surface area contributed by atoms with Gasteiger partial charge in [-0.2, -0.15) is 0 Å². The van der Waals surface area contributed by atoms with Crippen LogP contribution < -0.4 is 5.56 Å². The van der Waals surface area contributed by atoms with Crippen LogP contribution in [0.3, 0.4) is 0 Å². The van der Waals surface area contributed by atoms with Gasteiger partial charge in [-0.1, -0.05) is 24.9 Å². The van der Waals surface area contributed by atoms with Gasteiger partial charge < -0.3 is 4.98 Å². The van der Waals surface area contributed by atoms with Crippen LogP contribution >= 0.6 is 34.2 Å². The van der Waals surface area contributed by atoms with Crippen LogP contribution in [0.5, 0.6) is 0 Å². The highest BCUT2D eigenvalue weighted by Crippen LogP contribution is 2.16. The molecule has 0 atom stereocenters. The molecule has 2 aromatic rings. The molecule has 4 nitrogen and oxygen atoms in total. The van der Waals surface area contributed by atoms with E-state index in [9.17, 15) is 4.79 Å². The Morgan fingerprint density at radius 3 is 2.83 bits per heavy atom. The Bertz CT molecular complexity index is 610. The summed E-state index contributed by atoms with van der Waals surface area (Å²) in [6.07, 6.45) is 3.26. The lowest BCUT2D eigenvalue weighted by molar-refractivity contribution is 0.858. The monoisotopic (exact) mass is 375 g/mol. The quantitative estimate of drug-likeness (QED) is 0.839. The average molecular weight is 376 g/mol. The first-order chi connectivity index (χ1) is 8.61. The average Bonchev–Trinajstić information content (AvgIpc) is 2.36. The fourth-order valence-corrected chi connectivity index (χ4v) is 2.18. The lowest BCUT2D eigenvalue weighted by Crippen LogP contribution is -2.16. The second kappa shape index (κ2) is 5.79. The molecule has 0 bridgehead atoms. The molecule has 0 aromatic carbocycles. The first kappa shape index (κ1) is 13.5. The van der Waals surface area contributed by atoms with Crippen molar-refractivity contribution in [2.45, 2.75) is 19.8 Å². The number of nitrogens with zero attached hydrogens (tertiary/aromatic N) is 2. The van der Waals surface area contributed by atoms with E-state index < -0.39 is 0 Å². The van der Waals surface area contributed by atoms with Gasteiger partial charge in [0, 0.05) is 6.20 Å². The molecule has 6 heteroatoms. The summed E-state index contributed by atoms with van der Waals surface area (Å²) < 4.78 is 0.646. The summed E-state index contributed by atoms with van der Waals surface area (Å²) in [7, 11) is 0.